The molecular formula is C24H18. The summed E-state index contributed by atoms with van der Waals surface area (Å²) in [6, 6.07) is 12.9. The maximum atomic E-state index is 2.63. The van der Waals surface area contributed by atoms with Gasteiger partial charge in [-0.25, -0.2) is 0 Å². The van der Waals surface area contributed by atoms with E-state index in [9.17, 15) is 0 Å². The van der Waals surface area contributed by atoms with Gasteiger partial charge >= 0.3 is 0 Å². The highest BCUT2D eigenvalue weighted by molar-refractivity contribution is 6.04. The molecule has 1 aliphatic rings. The van der Waals surface area contributed by atoms with Crippen LogP contribution in [0.1, 0.15) is 27.8 Å². The van der Waals surface area contributed by atoms with Gasteiger partial charge in [0.05, 0.1) is 0 Å². The summed E-state index contributed by atoms with van der Waals surface area (Å²) < 4.78 is 0. The van der Waals surface area contributed by atoms with Crippen LogP contribution >= 0.6 is 0 Å². The quantitative estimate of drug-likeness (QED) is 0.520. The molecule has 0 radical (unpaired) electrons. The fraction of sp³-hybridized carbons (Fsp3) is 0.0833. The second-order valence-corrected chi connectivity index (χ2v) is 4.63. The van der Waals surface area contributed by atoms with Gasteiger partial charge in [0.1, 0.15) is 0 Å². The highest BCUT2D eigenvalue weighted by atomic mass is 14.1. The Balaban J connectivity index is 0.000000446. The van der Waals surface area contributed by atoms with Gasteiger partial charge in [0, 0.05) is 2.85 Å². The molecule has 0 saturated heterocycles. The van der Waals surface area contributed by atoms with Gasteiger partial charge in [0.25, 0.3) is 0 Å². The molecule has 2 aromatic carbocycles. The van der Waals surface area contributed by atoms with E-state index in [0.29, 0.717) is 0 Å². The van der Waals surface area contributed by atoms with Crippen molar-refractivity contribution in [1.82, 2.24) is 0 Å². The molecule has 0 atom stereocenters. The zero-order valence-electron chi connectivity index (χ0n) is 13.6. The third-order valence-electron chi connectivity index (χ3n) is 3.10. The first-order valence-electron chi connectivity index (χ1n) is 7.40. The summed E-state index contributed by atoms with van der Waals surface area (Å²) in [5, 5.41) is 2.75. The molecule has 0 saturated carbocycles. The van der Waals surface area contributed by atoms with Gasteiger partial charge in [0.2, 0.25) is 0 Å². The smallest absolute Gasteiger partial charge is 0 e. The second kappa shape index (κ2) is 9.30. The fourth-order valence-corrected chi connectivity index (χ4v) is 2.17. The molecule has 2 aromatic rings. The van der Waals surface area contributed by atoms with Crippen LogP contribution in [-0.4, -0.2) is 0 Å². The largest absolute Gasteiger partial charge is 0.0925 e. The minimum Gasteiger partial charge on any atom is -0.0925 e. The van der Waals surface area contributed by atoms with Crippen LogP contribution in [0, 0.1) is 59.2 Å². The number of rotatable bonds is 0. The minimum absolute atomic E-state index is 0. The third kappa shape index (κ3) is 4.62. The standard InChI is InChI=1S/C12H8.C12H6.2H2/c1-3-9-4-2-6-11-8-7-10(5-1)12(9)11;1-3-5-7-9-11-12-10-8-6-4-2;;/h1-8H;1-2H3;2*1H. The molecule has 0 N–H and O–H groups in total. The van der Waals surface area contributed by atoms with E-state index in [-0.39, 0.29) is 2.85 Å². The number of benzene rings is 2. The molecule has 0 heteroatoms. The zero-order valence-corrected chi connectivity index (χ0v) is 13.6. The van der Waals surface area contributed by atoms with Crippen molar-refractivity contribution in [2.24, 2.45) is 0 Å². The van der Waals surface area contributed by atoms with Crippen molar-refractivity contribution in [2.75, 3.05) is 0 Å². The van der Waals surface area contributed by atoms with Gasteiger partial charge in [-0.15, -0.1) is 0 Å². The fourth-order valence-electron chi connectivity index (χ4n) is 2.17. The Kier molecular flexibility index (Phi) is 6.43. The average molecular weight is 306 g/mol. The molecule has 1 aliphatic carbocycles. The average Bonchev–Trinajstić information content (AvgIpc) is 3.04. The first kappa shape index (κ1) is 16.6. The van der Waals surface area contributed by atoms with Crippen molar-refractivity contribution in [3.8, 4) is 59.2 Å². The summed E-state index contributed by atoms with van der Waals surface area (Å²) >= 11 is 0. The topological polar surface area (TPSA) is 0 Å². The summed E-state index contributed by atoms with van der Waals surface area (Å²) in [6.07, 6.45) is 4.36. The van der Waals surface area contributed by atoms with E-state index in [1.54, 1.807) is 13.8 Å². The van der Waals surface area contributed by atoms with E-state index in [1.165, 1.54) is 21.9 Å². The summed E-state index contributed by atoms with van der Waals surface area (Å²) in [6.45, 7) is 3.44. The van der Waals surface area contributed by atoms with E-state index < -0.39 is 0 Å². The number of hydrogen-bond acceptors (Lipinski definition) is 0. The predicted octanol–water partition coefficient (Wildman–Crippen LogP) is 4.86. The lowest BCUT2D eigenvalue weighted by atomic mass is 10.0. The van der Waals surface area contributed by atoms with E-state index in [4.69, 9.17) is 0 Å². The summed E-state index contributed by atoms with van der Waals surface area (Å²) in [4.78, 5) is 0. The van der Waals surface area contributed by atoms with Crippen molar-refractivity contribution in [1.29, 1.82) is 0 Å². The third-order valence-corrected chi connectivity index (χ3v) is 3.10. The molecule has 114 valence electrons. The first-order valence-corrected chi connectivity index (χ1v) is 7.40. The molecule has 0 amide bonds. The van der Waals surface area contributed by atoms with Gasteiger partial charge in [-0.05, 0) is 83.1 Å². The highest BCUT2D eigenvalue weighted by Crippen LogP contribution is 2.30. The van der Waals surface area contributed by atoms with Gasteiger partial charge in [-0.2, -0.15) is 0 Å². The first-order chi connectivity index (χ1) is 11.9. The second-order valence-electron chi connectivity index (χ2n) is 4.63. The molecule has 0 aliphatic heterocycles. The molecule has 0 nitrogen and oxygen atoms in total. The molecule has 0 spiro atoms. The highest BCUT2D eigenvalue weighted by Gasteiger charge is 2.06. The van der Waals surface area contributed by atoms with Gasteiger partial charge < -0.3 is 0 Å². The number of hydrogen-bond donors (Lipinski definition) is 0. The van der Waals surface area contributed by atoms with E-state index >= 15 is 0 Å². The SMILES string of the molecule is C1=Cc2cccc3cccc1c23.CC#CC#CC#CC#CC#CC.[HH].[HH]. The molecule has 3 rings (SSSR count). The van der Waals surface area contributed by atoms with Crippen LogP contribution in [0.2, 0.25) is 0 Å². The monoisotopic (exact) mass is 306 g/mol. The van der Waals surface area contributed by atoms with Crippen molar-refractivity contribution in [2.45, 2.75) is 13.8 Å². The van der Waals surface area contributed by atoms with Crippen molar-refractivity contribution >= 4 is 22.9 Å². The van der Waals surface area contributed by atoms with Crippen molar-refractivity contribution in [3.05, 3.63) is 47.5 Å². The molecule has 0 aromatic heterocycles. The lowest BCUT2D eigenvalue weighted by molar-refractivity contribution is 1.72. The summed E-state index contributed by atoms with van der Waals surface area (Å²) in [5.41, 5.74) is 2.70. The summed E-state index contributed by atoms with van der Waals surface area (Å²) in [7, 11) is 0. The minimum atomic E-state index is 0. The Bertz CT molecular complexity index is 1010. The van der Waals surface area contributed by atoms with E-state index in [0.717, 1.165) is 0 Å². The maximum Gasteiger partial charge on any atom is 0 e. The Hall–Kier alpha value is -3.76. The van der Waals surface area contributed by atoms with Gasteiger partial charge in [-0.3, -0.25) is 0 Å². The Morgan fingerprint density at radius 3 is 1.42 bits per heavy atom. The summed E-state index contributed by atoms with van der Waals surface area (Å²) in [5.74, 6) is 25.6. The van der Waals surface area contributed by atoms with Crippen LogP contribution in [0.25, 0.3) is 22.9 Å². The van der Waals surface area contributed by atoms with Crippen LogP contribution in [0.15, 0.2) is 36.4 Å². The van der Waals surface area contributed by atoms with Crippen LogP contribution in [0.3, 0.4) is 0 Å². The van der Waals surface area contributed by atoms with E-state index in [2.05, 4.69) is 108 Å². The molecule has 24 heavy (non-hydrogen) atoms. The van der Waals surface area contributed by atoms with Gasteiger partial charge in [-0.1, -0.05) is 60.4 Å². The van der Waals surface area contributed by atoms with Crippen LogP contribution in [-0.2, 0) is 0 Å². The van der Waals surface area contributed by atoms with Crippen LogP contribution in [0.5, 0.6) is 0 Å². The molecule has 0 unspecified atom stereocenters. The van der Waals surface area contributed by atoms with Gasteiger partial charge in [0.15, 0.2) is 0 Å². The Labute approximate surface area is 146 Å². The maximum absolute atomic E-state index is 2.63. The van der Waals surface area contributed by atoms with Crippen LogP contribution < -0.4 is 0 Å². The lowest BCUT2D eigenvalue weighted by Gasteiger charge is -1.99. The Morgan fingerprint density at radius 2 is 1.00 bits per heavy atom. The van der Waals surface area contributed by atoms with Crippen molar-refractivity contribution < 1.29 is 2.85 Å². The Morgan fingerprint density at radius 1 is 0.583 bits per heavy atom. The molecule has 0 fully saturated rings. The lowest BCUT2D eigenvalue weighted by Crippen LogP contribution is -1.76. The van der Waals surface area contributed by atoms with Crippen LogP contribution in [0.4, 0.5) is 0 Å². The zero-order chi connectivity index (χ0) is 17.0. The normalized spacial score (nSPS) is 8.25. The molecule has 0 heterocycles. The van der Waals surface area contributed by atoms with Crippen molar-refractivity contribution in [3.63, 3.8) is 0 Å². The van der Waals surface area contributed by atoms with E-state index in [1.807, 2.05) is 0 Å². The predicted molar refractivity (Wildman–Crippen MR) is 107 cm³/mol. The molecule has 0 bridgehead atoms. The molecular weight excluding hydrogens is 288 g/mol.